The van der Waals surface area contributed by atoms with E-state index >= 15 is 0 Å². The van der Waals surface area contributed by atoms with Gasteiger partial charge in [0.1, 0.15) is 18.1 Å². The molecule has 1 aliphatic carbocycles. The molecule has 2 aromatic carbocycles. The van der Waals surface area contributed by atoms with Crippen LogP contribution in [0.3, 0.4) is 0 Å². The maximum absolute atomic E-state index is 13.0. The molecular formula is C24H28N2O4S. The molecular weight excluding hydrogens is 412 g/mol. The maximum atomic E-state index is 13.0. The van der Waals surface area contributed by atoms with E-state index in [9.17, 15) is 8.42 Å². The number of nitrogens with zero attached hydrogens (tertiary/aromatic N) is 1. The number of sulfonamides is 1. The highest BCUT2D eigenvalue weighted by atomic mass is 32.2. The lowest BCUT2D eigenvalue weighted by molar-refractivity contribution is 0.301. The Balaban J connectivity index is 1.46. The van der Waals surface area contributed by atoms with Crippen molar-refractivity contribution < 1.29 is 17.7 Å². The van der Waals surface area contributed by atoms with Gasteiger partial charge in [0, 0.05) is 0 Å². The Morgan fingerprint density at radius 3 is 2.26 bits per heavy atom. The van der Waals surface area contributed by atoms with Crippen molar-refractivity contribution >= 4 is 15.7 Å². The fourth-order valence-corrected chi connectivity index (χ4v) is 4.96. The highest BCUT2D eigenvalue weighted by molar-refractivity contribution is 7.92. The smallest absolute Gasteiger partial charge is 0.261 e. The van der Waals surface area contributed by atoms with Gasteiger partial charge in [0.25, 0.3) is 10.0 Å². The summed E-state index contributed by atoms with van der Waals surface area (Å²) < 4.78 is 39.6. The molecule has 0 radical (unpaired) electrons. The Bertz CT molecular complexity index is 1150. The molecule has 7 heteroatoms. The number of benzene rings is 2. The molecule has 0 unspecified atom stereocenters. The molecule has 1 aliphatic rings. The summed E-state index contributed by atoms with van der Waals surface area (Å²) in [5.41, 5.74) is 5.50. The molecule has 1 heterocycles. The van der Waals surface area contributed by atoms with Crippen LogP contribution >= 0.6 is 0 Å². The van der Waals surface area contributed by atoms with Gasteiger partial charge < -0.3 is 9.26 Å². The summed E-state index contributed by atoms with van der Waals surface area (Å²) in [6.07, 6.45) is 3.67. The van der Waals surface area contributed by atoms with Crippen molar-refractivity contribution in [2.24, 2.45) is 5.92 Å². The van der Waals surface area contributed by atoms with E-state index in [0.717, 1.165) is 40.5 Å². The van der Waals surface area contributed by atoms with Gasteiger partial charge >= 0.3 is 0 Å². The van der Waals surface area contributed by atoms with Gasteiger partial charge in [-0.1, -0.05) is 17.3 Å². The van der Waals surface area contributed by atoms with Gasteiger partial charge in [-0.2, -0.15) is 0 Å². The monoisotopic (exact) mass is 440 g/mol. The van der Waals surface area contributed by atoms with Crippen molar-refractivity contribution in [2.45, 2.75) is 58.5 Å². The molecule has 0 amide bonds. The zero-order valence-corrected chi connectivity index (χ0v) is 19.2. The predicted molar refractivity (Wildman–Crippen MR) is 120 cm³/mol. The second kappa shape index (κ2) is 8.38. The van der Waals surface area contributed by atoms with E-state index in [1.54, 1.807) is 24.3 Å². The van der Waals surface area contributed by atoms with Crippen LogP contribution < -0.4 is 9.46 Å². The highest BCUT2D eigenvalue weighted by Gasteiger charge is 2.23. The molecule has 0 saturated heterocycles. The Morgan fingerprint density at radius 1 is 1.06 bits per heavy atom. The summed E-state index contributed by atoms with van der Waals surface area (Å²) in [5.74, 6) is 2.09. The number of aryl methyl sites for hydroxylation is 4. The summed E-state index contributed by atoms with van der Waals surface area (Å²) in [7, 11) is -3.70. The number of anilines is 1. The van der Waals surface area contributed by atoms with E-state index in [0.29, 0.717) is 18.0 Å². The van der Waals surface area contributed by atoms with Gasteiger partial charge in [-0.05, 0) is 93.8 Å². The maximum Gasteiger partial charge on any atom is 0.261 e. The first-order valence-corrected chi connectivity index (χ1v) is 12.0. The highest BCUT2D eigenvalue weighted by Crippen LogP contribution is 2.34. The third-order valence-corrected chi connectivity index (χ3v) is 7.11. The standard InChI is InChI=1S/C24H28N2O4S/c1-15-11-20(13-19-5-6-19)12-16(2)24(15)26-31(27,28)22-9-7-21(8-10-22)29-14-23-17(3)25-30-18(23)4/h7-12,19,26H,5-6,13-14H2,1-4H3. The molecule has 164 valence electrons. The van der Waals surface area contributed by atoms with Crippen LogP contribution in [0.4, 0.5) is 5.69 Å². The SMILES string of the molecule is Cc1cc(CC2CC2)cc(C)c1NS(=O)(=O)c1ccc(OCc2c(C)noc2C)cc1. The summed E-state index contributed by atoms with van der Waals surface area (Å²) >= 11 is 0. The van der Waals surface area contributed by atoms with Gasteiger partial charge in [0.2, 0.25) is 0 Å². The topological polar surface area (TPSA) is 81.4 Å². The van der Waals surface area contributed by atoms with Gasteiger partial charge in [-0.3, -0.25) is 4.72 Å². The summed E-state index contributed by atoms with van der Waals surface area (Å²) in [6, 6.07) is 10.6. The summed E-state index contributed by atoms with van der Waals surface area (Å²) in [5, 5.41) is 3.91. The third kappa shape index (κ3) is 4.93. The van der Waals surface area contributed by atoms with Crippen molar-refractivity contribution in [2.75, 3.05) is 4.72 Å². The van der Waals surface area contributed by atoms with Crippen molar-refractivity contribution in [1.29, 1.82) is 0 Å². The Kier molecular flexibility index (Phi) is 5.79. The molecule has 1 fully saturated rings. The number of rotatable bonds is 8. The number of nitrogens with one attached hydrogen (secondary N) is 1. The fourth-order valence-electron chi connectivity index (χ4n) is 3.76. The first-order chi connectivity index (χ1) is 14.7. The minimum Gasteiger partial charge on any atom is -0.489 e. The van der Waals surface area contributed by atoms with Crippen molar-refractivity contribution in [3.8, 4) is 5.75 Å². The van der Waals surface area contributed by atoms with Crippen LogP contribution in [0.25, 0.3) is 0 Å². The molecule has 1 N–H and O–H groups in total. The van der Waals surface area contributed by atoms with Gasteiger partial charge in [-0.15, -0.1) is 0 Å². The number of hydrogen-bond donors (Lipinski definition) is 1. The van der Waals surface area contributed by atoms with E-state index in [-0.39, 0.29) is 4.90 Å². The molecule has 1 aromatic heterocycles. The van der Waals surface area contributed by atoms with Crippen LogP contribution in [0.15, 0.2) is 45.8 Å². The Labute approximate surface area is 183 Å². The van der Waals surface area contributed by atoms with Gasteiger partial charge in [0.15, 0.2) is 0 Å². The van der Waals surface area contributed by atoms with E-state index < -0.39 is 10.0 Å². The minimum absolute atomic E-state index is 0.193. The predicted octanol–water partition coefficient (Wildman–Crippen LogP) is 5.24. The zero-order chi connectivity index (χ0) is 22.2. The Morgan fingerprint density at radius 2 is 1.71 bits per heavy atom. The second-order valence-corrected chi connectivity index (χ2v) is 10.1. The number of ether oxygens (including phenoxy) is 1. The lowest BCUT2D eigenvalue weighted by Gasteiger charge is -2.15. The molecule has 0 bridgehead atoms. The van der Waals surface area contributed by atoms with E-state index in [1.165, 1.54) is 18.4 Å². The van der Waals surface area contributed by atoms with Crippen LogP contribution in [0.5, 0.6) is 5.75 Å². The van der Waals surface area contributed by atoms with Crippen molar-refractivity contribution in [1.82, 2.24) is 5.16 Å². The first kappa shape index (κ1) is 21.4. The first-order valence-electron chi connectivity index (χ1n) is 10.5. The number of hydrogen-bond acceptors (Lipinski definition) is 5. The molecule has 31 heavy (non-hydrogen) atoms. The summed E-state index contributed by atoms with van der Waals surface area (Å²) in [6.45, 7) is 7.92. The second-order valence-electron chi connectivity index (χ2n) is 8.42. The number of aromatic nitrogens is 1. The normalized spacial score (nSPS) is 13.9. The molecule has 1 saturated carbocycles. The molecule has 4 rings (SSSR count). The van der Waals surface area contributed by atoms with E-state index in [4.69, 9.17) is 9.26 Å². The Hall–Kier alpha value is -2.80. The third-order valence-electron chi connectivity index (χ3n) is 5.75. The summed E-state index contributed by atoms with van der Waals surface area (Å²) in [4.78, 5) is 0.193. The largest absolute Gasteiger partial charge is 0.489 e. The average Bonchev–Trinajstić information content (AvgIpc) is 3.47. The molecule has 6 nitrogen and oxygen atoms in total. The fraction of sp³-hybridized carbons (Fsp3) is 0.375. The van der Waals surface area contributed by atoms with Crippen LogP contribution in [-0.4, -0.2) is 13.6 Å². The molecule has 0 aliphatic heterocycles. The van der Waals surface area contributed by atoms with Crippen LogP contribution in [0.1, 0.15) is 46.5 Å². The molecule has 3 aromatic rings. The van der Waals surface area contributed by atoms with Crippen LogP contribution in [0, 0.1) is 33.6 Å². The molecule has 0 spiro atoms. The van der Waals surface area contributed by atoms with E-state index in [1.807, 2.05) is 27.7 Å². The zero-order valence-electron chi connectivity index (χ0n) is 18.4. The molecule has 0 atom stereocenters. The average molecular weight is 441 g/mol. The lowest BCUT2D eigenvalue weighted by atomic mass is 10.0. The van der Waals surface area contributed by atoms with Crippen molar-refractivity contribution in [3.05, 3.63) is 70.1 Å². The van der Waals surface area contributed by atoms with Gasteiger partial charge in [0.05, 0.1) is 21.8 Å². The van der Waals surface area contributed by atoms with Crippen molar-refractivity contribution in [3.63, 3.8) is 0 Å². The van der Waals surface area contributed by atoms with E-state index in [2.05, 4.69) is 22.0 Å². The lowest BCUT2D eigenvalue weighted by Crippen LogP contribution is -2.15. The quantitative estimate of drug-likeness (QED) is 0.518. The van der Waals surface area contributed by atoms with Gasteiger partial charge in [-0.25, -0.2) is 8.42 Å². The van der Waals surface area contributed by atoms with Crippen LogP contribution in [-0.2, 0) is 23.1 Å². The van der Waals surface area contributed by atoms with Crippen LogP contribution in [0.2, 0.25) is 0 Å². The minimum atomic E-state index is -3.70.